The van der Waals surface area contributed by atoms with Crippen LogP contribution in [0, 0.1) is 0 Å². The summed E-state index contributed by atoms with van der Waals surface area (Å²) in [6.45, 7) is -0.829. The molecule has 224 valence electrons. The quantitative estimate of drug-likeness (QED) is 0.154. The minimum absolute atomic E-state index is 0.0274. The molecule has 0 saturated carbocycles. The van der Waals surface area contributed by atoms with Crippen molar-refractivity contribution in [1.82, 2.24) is 0 Å². The third-order valence-corrected chi connectivity index (χ3v) is 7.04. The molecule has 2 fully saturated rings. The third kappa shape index (κ3) is 5.27. The first-order valence-corrected chi connectivity index (χ1v) is 12.5. The molecule has 3 heterocycles. The van der Waals surface area contributed by atoms with Crippen LogP contribution in [0.5, 0.6) is 23.0 Å². The van der Waals surface area contributed by atoms with Crippen LogP contribution in [0.15, 0.2) is 33.5 Å². The van der Waals surface area contributed by atoms with Crippen LogP contribution in [-0.4, -0.2) is 118 Å². The molecule has 3 aromatic rings. The number of fused-ring (bicyclic) bond motifs is 2. The molecule has 0 radical (unpaired) electrons. The molecular weight excluding hydrogens is 552 g/mol. The van der Waals surface area contributed by atoms with E-state index in [-0.39, 0.29) is 51.5 Å². The highest BCUT2D eigenvalue weighted by atomic mass is 16.7. The van der Waals surface area contributed by atoms with Crippen LogP contribution in [0.3, 0.4) is 0 Å². The van der Waals surface area contributed by atoms with Gasteiger partial charge in [0, 0.05) is 12.1 Å². The summed E-state index contributed by atoms with van der Waals surface area (Å²) in [5.41, 5.74) is -0.521. The molecule has 0 amide bonds. The lowest BCUT2D eigenvalue weighted by molar-refractivity contribution is -0.307. The average molecular weight is 583 g/mol. The molecule has 0 bridgehead atoms. The number of benzene rings is 2. The van der Waals surface area contributed by atoms with Gasteiger partial charge in [-0.25, -0.2) is 0 Å². The number of hydrogen-bond acceptors (Lipinski definition) is 15. The Hall–Kier alpha value is -3.25. The van der Waals surface area contributed by atoms with Gasteiger partial charge in [-0.15, -0.1) is 0 Å². The molecule has 15 nitrogen and oxygen atoms in total. The maximum absolute atomic E-state index is 13.6. The van der Waals surface area contributed by atoms with E-state index in [1.165, 1.54) is 38.5 Å². The van der Waals surface area contributed by atoms with Gasteiger partial charge in [-0.1, -0.05) is 0 Å². The summed E-state index contributed by atoms with van der Waals surface area (Å²) in [5.74, 6) is -0.413. The number of rotatable bonds is 7. The van der Waals surface area contributed by atoms with Gasteiger partial charge >= 0.3 is 0 Å². The summed E-state index contributed by atoms with van der Waals surface area (Å²) in [4.78, 5) is 13.6. The van der Waals surface area contributed by atoms with Gasteiger partial charge in [0.25, 0.3) is 0 Å². The Kier molecular flexibility index (Phi) is 8.24. The fourth-order valence-corrected chi connectivity index (χ4v) is 4.78. The second kappa shape index (κ2) is 11.6. The van der Waals surface area contributed by atoms with Crippen molar-refractivity contribution < 1.29 is 68.6 Å². The van der Waals surface area contributed by atoms with E-state index in [9.17, 15) is 40.5 Å². The number of ether oxygens (including phenoxy) is 6. The average Bonchev–Trinajstić information content (AvgIpc) is 2.96. The van der Waals surface area contributed by atoms with Crippen molar-refractivity contribution in [3.05, 3.63) is 34.5 Å². The van der Waals surface area contributed by atoms with Crippen LogP contribution < -0.4 is 19.6 Å². The van der Waals surface area contributed by atoms with Crippen LogP contribution in [-0.2, 0) is 14.2 Å². The SMILES string of the molecule is COc1cc(O[C@H]2O[C@@H](CO[C@@H]3OC[C@H](O)[C@H](O)[C@H]3O)[C@H](O)[C@H](O)[C@@H]2O)c2c(=O)c3c(OC)c(O)ccc3oc2c1. The molecule has 9 atom stereocenters. The van der Waals surface area contributed by atoms with E-state index in [2.05, 4.69) is 0 Å². The minimum Gasteiger partial charge on any atom is -0.504 e. The number of aliphatic hydroxyl groups is 6. The van der Waals surface area contributed by atoms with E-state index in [1.54, 1.807) is 0 Å². The van der Waals surface area contributed by atoms with E-state index in [0.29, 0.717) is 0 Å². The molecule has 0 unspecified atom stereocenters. The van der Waals surface area contributed by atoms with E-state index < -0.39 is 67.3 Å². The largest absolute Gasteiger partial charge is 0.504 e. The Bertz CT molecular complexity index is 1460. The van der Waals surface area contributed by atoms with Crippen molar-refractivity contribution in [2.75, 3.05) is 27.4 Å². The number of phenolic OH excluding ortho intramolecular Hbond substituents is 1. The van der Waals surface area contributed by atoms with E-state index >= 15 is 0 Å². The fraction of sp³-hybridized carbons (Fsp3) is 0.500. The molecule has 15 heteroatoms. The van der Waals surface area contributed by atoms with Gasteiger partial charge < -0.3 is 68.6 Å². The van der Waals surface area contributed by atoms with Gasteiger partial charge in [0.15, 0.2) is 17.8 Å². The molecule has 2 aliphatic rings. The van der Waals surface area contributed by atoms with E-state index in [1.807, 2.05) is 0 Å². The zero-order chi connectivity index (χ0) is 29.6. The molecule has 2 saturated heterocycles. The molecule has 5 rings (SSSR count). The normalized spacial score (nSPS) is 32.2. The topological polar surface area (TPSA) is 227 Å². The summed E-state index contributed by atoms with van der Waals surface area (Å²) >= 11 is 0. The number of methoxy groups -OCH3 is 2. The lowest BCUT2D eigenvalue weighted by Gasteiger charge is -2.41. The Morgan fingerprint density at radius 2 is 1.59 bits per heavy atom. The Balaban J connectivity index is 1.47. The third-order valence-electron chi connectivity index (χ3n) is 7.04. The summed E-state index contributed by atoms with van der Waals surface area (Å²) in [5, 5.41) is 71.2. The van der Waals surface area contributed by atoms with Gasteiger partial charge in [0.1, 0.15) is 76.2 Å². The Labute approximate surface area is 231 Å². The zero-order valence-corrected chi connectivity index (χ0v) is 21.8. The van der Waals surface area contributed by atoms with Crippen LogP contribution in [0.4, 0.5) is 0 Å². The number of phenols is 1. The molecule has 7 N–H and O–H groups in total. The molecule has 41 heavy (non-hydrogen) atoms. The lowest BCUT2D eigenvalue weighted by Crippen LogP contribution is -2.61. The predicted molar refractivity (Wildman–Crippen MR) is 136 cm³/mol. The van der Waals surface area contributed by atoms with Crippen LogP contribution in [0.1, 0.15) is 0 Å². The molecule has 0 aliphatic carbocycles. The van der Waals surface area contributed by atoms with Crippen molar-refractivity contribution >= 4 is 21.9 Å². The van der Waals surface area contributed by atoms with Crippen molar-refractivity contribution in [2.45, 2.75) is 55.3 Å². The van der Waals surface area contributed by atoms with Crippen molar-refractivity contribution in [2.24, 2.45) is 0 Å². The highest BCUT2D eigenvalue weighted by molar-refractivity contribution is 5.97. The molecule has 2 aromatic carbocycles. The monoisotopic (exact) mass is 582 g/mol. The summed E-state index contributed by atoms with van der Waals surface area (Å²) in [6, 6.07) is 5.43. The second-order valence-electron chi connectivity index (χ2n) is 9.64. The maximum atomic E-state index is 13.6. The van der Waals surface area contributed by atoms with Crippen molar-refractivity contribution in [1.29, 1.82) is 0 Å². The van der Waals surface area contributed by atoms with Crippen LogP contribution in [0.25, 0.3) is 21.9 Å². The van der Waals surface area contributed by atoms with Gasteiger partial charge in [-0.05, 0) is 12.1 Å². The van der Waals surface area contributed by atoms with Gasteiger partial charge in [-0.2, -0.15) is 0 Å². The Morgan fingerprint density at radius 1 is 0.854 bits per heavy atom. The van der Waals surface area contributed by atoms with Gasteiger partial charge in [-0.3, -0.25) is 4.79 Å². The first-order chi connectivity index (χ1) is 19.5. The molecule has 2 aliphatic heterocycles. The van der Waals surface area contributed by atoms with E-state index in [0.717, 1.165) is 0 Å². The summed E-state index contributed by atoms with van der Waals surface area (Å²) < 4.78 is 38.5. The lowest BCUT2D eigenvalue weighted by atomic mass is 9.99. The Morgan fingerprint density at radius 3 is 2.29 bits per heavy atom. The van der Waals surface area contributed by atoms with Gasteiger partial charge in [0.05, 0.1) is 27.4 Å². The zero-order valence-electron chi connectivity index (χ0n) is 21.8. The standard InChI is InChI=1S/C26H30O15/c1-35-9-5-13-16(20(31)17-12(39-13)4-3-10(27)24(17)36-2)14(6-9)40-26-23(34)21(32)19(30)15(41-26)8-38-25-22(33)18(29)11(28)7-37-25/h3-6,11,15,18-19,21-23,25-30,32-34H,7-8H2,1-2H3/t11-,15-,18-,19-,21-,22+,23-,25-,26-/m0/s1. The summed E-state index contributed by atoms with van der Waals surface area (Å²) in [6.07, 6.45) is -14.2. The minimum atomic E-state index is -1.80. The maximum Gasteiger partial charge on any atom is 0.229 e. The van der Waals surface area contributed by atoms with Gasteiger partial charge in [0.2, 0.25) is 11.7 Å². The molecule has 0 spiro atoms. The first-order valence-electron chi connectivity index (χ1n) is 12.5. The number of aliphatic hydroxyl groups excluding tert-OH is 6. The molecule has 1 aromatic heterocycles. The highest BCUT2D eigenvalue weighted by Gasteiger charge is 2.46. The predicted octanol–water partition coefficient (Wildman–Crippen LogP) is -1.69. The second-order valence-corrected chi connectivity index (χ2v) is 9.64. The van der Waals surface area contributed by atoms with Crippen molar-refractivity contribution in [3.63, 3.8) is 0 Å². The number of hydrogen-bond donors (Lipinski definition) is 7. The van der Waals surface area contributed by atoms with E-state index in [4.69, 9.17) is 32.8 Å². The number of aromatic hydroxyl groups is 1. The first kappa shape index (κ1) is 29.2. The fourth-order valence-electron chi connectivity index (χ4n) is 4.78. The highest BCUT2D eigenvalue weighted by Crippen LogP contribution is 2.38. The van der Waals surface area contributed by atoms with Crippen LogP contribution in [0.2, 0.25) is 0 Å². The summed E-state index contributed by atoms with van der Waals surface area (Å²) in [7, 11) is 2.63. The van der Waals surface area contributed by atoms with Crippen LogP contribution >= 0.6 is 0 Å². The van der Waals surface area contributed by atoms with Crippen molar-refractivity contribution in [3.8, 4) is 23.0 Å². The smallest absolute Gasteiger partial charge is 0.229 e. The molecular formula is C26H30O15.